The lowest BCUT2D eigenvalue weighted by Gasteiger charge is -2.05. The monoisotopic (exact) mass is 235 g/mol. The molecule has 0 saturated carbocycles. The Balaban J connectivity index is 2.40. The molecule has 94 valence electrons. The second-order valence-corrected chi connectivity index (χ2v) is 3.99. The number of carbonyl (C=O) groups is 1. The first-order valence-corrected chi connectivity index (χ1v) is 6.05. The Kier molecular flexibility index (Phi) is 6.29. The van der Waals surface area contributed by atoms with Gasteiger partial charge in [-0.15, -0.1) is 0 Å². The molecule has 0 fully saturated rings. The minimum Gasteiger partial charge on any atom is -0.352 e. The molecule has 17 heavy (non-hydrogen) atoms. The predicted molar refractivity (Wildman–Crippen MR) is 69.8 cm³/mol. The van der Waals surface area contributed by atoms with E-state index in [1.54, 1.807) is 0 Å². The van der Waals surface area contributed by atoms with Gasteiger partial charge in [0.15, 0.2) is 0 Å². The Hall–Kier alpha value is -1.39. The average Bonchev–Trinajstić information content (AvgIpc) is 2.36. The van der Waals surface area contributed by atoms with Crippen LogP contribution in [0.25, 0.3) is 0 Å². The zero-order valence-corrected chi connectivity index (χ0v) is 10.1. The lowest BCUT2D eigenvalue weighted by molar-refractivity contribution is 0.0953. The van der Waals surface area contributed by atoms with Crippen molar-refractivity contribution in [3.63, 3.8) is 0 Å². The summed E-state index contributed by atoms with van der Waals surface area (Å²) in [6.45, 7) is 1.98. The number of unbranched alkanes of at least 4 members (excludes halogenated alkanes) is 1. The summed E-state index contributed by atoms with van der Waals surface area (Å²) in [6, 6.07) is 7.57. The van der Waals surface area contributed by atoms with E-state index in [1.807, 2.05) is 24.3 Å². The molecule has 0 heterocycles. The van der Waals surface area contributed by atoms with Crippen molar-refractivity contribution in [3.05, 3.63) is 35.4 Å². The number of hydrogen-bond acceptors (Lipinski definition) is 3. The van der Waals surface area contributed by atoms with Crippen molar-refractivity contribution in [2.24, 2.45) is 11.5 Å². The molecule has 0 aliphatic heterocycles. The zero-order valence-electron chi connectivity index (χ0n) is 10.1. The van der Waals surface area contributed by atoms with Gasteiger partial charge < -0.3 is 16.8 Å². The minimum absolute atomic E-state index is 0.0266. The number of rotatable bonds is 7. The molecular formula is C13H21N3O. The summed E-state index contributed by atoms with van der Waals surface area (Å²) in [5.74, 6) is -0.0266. The summed E-state index contributed by atoms with van der Waals surface area (Å²) in [6.07, 6.45) is 2.71. The maximum absolute atomic E-state index is 11.7. The SMILES string of the molecule is NCCCCNC(=O)c1ccc(CCN)cc1. The van der Waals surface area contributed by atoms with E-state index in [1.165, 1.54) is 0 Å². The van der Waals surface area contributed by atoms with Crippen molar-refractivity contribution in [3.8, 4) is 0 Å². The molecule has 5 N–H and O–H groups in total. The normalized spacial score (nSPS) is 10.2. The number of nitrogens with two attached hydrogens (primary N) is 2. The second kappa shape index (κ2) is 7.81. The predicted octanol–water partition coefficient (Wildman–Crippen LogP) is 0.657. The summed E-state index contributed by atoms with van der Waals surface area (Å²) >= 11 is 0. The molecule has 4 heteroatoms. The van der Waals surface area contributed by atoms with Crippen LogP contribution in [0.3, 0.4) is 0 Å². The highest BCUT2D eigenvalue weighted by atomic mass is 16.1. The fraction of sp³-hybridized carbons (Fsp3) is 0.462. The largest absolute Gasteiger partial charge is 0.352 e. The van der Waals surface area contributed by atoms with Crippen molar-refractivity contribution in [2.45, 2.75) is 19.3 Å². The first-order chi connectivity index (χ1) is 8.27. The van der Waals surface area contributed by atoms with Crippen LogP contribution in [0.15, 0.2) is 24.3 Å². The van der Waals surface area contributed by atoms with Crippen LogP contribution < -0.4 is 16.8 Å². The highest BCUT2D eigenvalue weighted by molar-refractivity contribution is 5.94. The molecule has 1 rings (SSSR count). The third-order valence-electron chi connectivity index (χ3n) is 2.57. The Morgan fingerprint density at radius 1 is 1.06 bits per heavy atom. The van der Waals surface area contributed by atoms with Gasteiger partial charge in [0.25, 0.3) is 5.91 Å². The molecule has 0 spiro atoms. The van der Waals surface area contributed by atoms with E-state index in [0.29, 0.717) is 25.2 Å². The van der Waals surface area contributed by atoms with Gasteiger partial charge in [-0.3, -0.25) is 4.79 Å². The first kappa shape index (κ1) is 13.7. The molecule has 0 aliphatic rings. The van der Waals surface area contributed by atoms with Crippen LogP contribution in [0.5, 0.6) is 0 Å². The van der Waals surface area contributed by atoms with Crippen LogP contribution in [0.1, 0.15) is 28.8 Å². The Morgan fingerprint density at radius 3 is 2.35 bits per heavy atom. The third kappa shape index (κ3) is 4.97. The quantitative estimate of drug-likeness (QED) is 0.607. The van der Waals surface area contributed by atoms with Crippen molar-refractivity contribution < 1.29 is 4.79 Å². The lowest BCUT2D eigenvalue weighted by atomic mass is 10.1. The van der Waals surface area contributed by atoms with Crippen LogP contribution in [0.2, 0.25) is 0 Å². The van der Waals surface area contributed by atoms with Gasteiger partial charge in [-0.25, -0.2) is 0 Å². The molecule has 0 atom stereocenters. The molecule has 0 saturated heterocycles. The minimum atomic E-state index is -0.0266. The molecule has 1 aromatic carbocycles. The molecule has 4 nitrogen and oxygen atoms in total. The smallest absolute Gasteiger partial charge is 0.251 e. The van der Waals surface area contributed by atoms with Crippen LogP contribution in [-0.4, -0.2) is 25.5 Å². The summed E-state index contributed by atoms with van der Waals surface area (Å²) in [4.78, 5) is 11.7. The van der Waals surface area contributed by atoms with Gasteiger partial charge in [0.05, 0.1) is 0 Å². The third-order valence-corrected chi connectivity index (χ3v) is 2.57. The van der Waals surface area contributed by atoms with Gasteiger partial charge >= 0.3 is 0 Å². The van der Waals surface area contributed by atoms with E-state index in [2.05, 4.69) is 5.32 Å². The van der Waals surface area contributed by atoms with Crippen LogP contribution in [-0.2, 0) is 6.42 Å². The van der Waals surface area contributed by atoms with E-state index < -0.39 is 0 Å². The van der Waals surface area contributed by atoms with E-state index in [9.17, 15) is 4.79 Å². The number of benzene rings is 1. The van der Waals surface area contributed by atoms with Crippen LogP contribution in [0.4, 0.5) is 0 Å². The Bertz CT molecular complexity index is 335. The number of nitrogens with one attached hydrogen (secondary N) is 1. The highest BCUT2D eigenvalue weighted by Gasteiger charge is 2.03. The number of amides is 1. The van der Waals surface area contributed by atoms with Crippen molar-refractivity contribution >= 4 is 5.91 Å². The zero-order chi connectivity index (χ0) is 12.5. The molecule has 1 aromatic rings. The van der Waals surface area contributed by atoms with Crippen molar-refractivity contribution in [1.82, 2.24) is 5.32 Å². The fourth-order valence-corrected chi connectivity index (χ4v) is 1.56. The second-order valence-electron chi connectivity index (χ2n) is 3.99. The van der Waals surface area contributed by atoms with Gasteiger partial charge in [0.1, 0.15) is 0 Å². The summed E-state index contributed by atoms with van der Waals surface area (Å²) in [5.41, 5.74) is 12.7. The summed E-state index contributed by atoms with van der Waals surface area (Å²) in [5, 5.41) is 2.87. The van der Waals surface area contributed by atoms with Gasteiger partial charge in [0.2, 0.25) is 0 Å². The van der Waals surface area contributed by atoms with E-state index >= 15 is 0 Å². The van der Waals surface area contributed by atoms with E-state index in [0.717, 1.165) is 24.8 Å². The maximum Gasteiger partial charge on any atom is 0.251 e. The molecule has 1 amide bonds. The van der Waals surface area contributed by atoms with E-state index in [-0.39, 0.29) is 5.91 Å². The lowest BCUT2D eigenvalue weighted by Crippen LogP contribution is -2.24. The topological polar surface area (TPSA) is 81.1 Å². The van der Waals surface area contributed by atoms with Crippen LogP contribution in [0, 0.1) is 0 Å². The summed E-state index contributed by atoms with van der Waals surface area (Å²) in [7, 11) is 0. The maximum atomic E-state index is 11.7. The van der Waals surface area contributed by atoms with Gasteiger partial charge in [0, 0.05) is 12.1 Å². The molecule has 0 aliphatic carbocycles. The molecule has 0 radical (unpaired) electrons. The number of hydrogen-bond donors (Lipinski definition) is 3. The Morgan fingerprint density at radius 2 is 1.76 bits per heavy atom. The van der Waals surface area contributed by atoms with Crippen LogP contribution >= 0.6 is 0 Å². The molecule has 0 bridgehead atoms. The van der Waals surface area contributed by atoms with Crippen molar-refractivity contribution in [2.75, 3.05) is 19.6 Å². The van der Waals surface area contributed by atoms with Gasteiger partial charge in [-0.05, 0) is 50.0 Å². The fourth-order valence-electron chi connectivity index (χ4n) is 1.56. The number of carbonyl (C=O) groups excluding carboxylic acids is 1. The highest BCUT2D eigenvalue weighted by Crippen LogP contribution is 2.04. The standard InChI is InChI=1S/C13H21N3O/c14-8-1-2-10-16-13(17)12-5-3-11(4-6-12)7-9-15/h3-6H,1-2,7-10,14-15H2,(H,16,17). The summed E-state index contributed by atoms with van der Waals surface area (Å²) < 4.78 is 0. The average molecular weight is 235 g/mol. The van der Waals surface area contributed by atoms with Gasteiger partial charge in [-0.2, -0.15) is 0 Å². The Labute approximate surface area is 102 Å². The molecule has 0 unspecified atom stereocenters. The molecule has 0 aromatic heterocycles. The molecular weight excluding hydrogens is 214 g/mol. The van der Waals surface area contributed by atoms with Crippen molar-refractivity contribution in [1.29, 1.82) is 0 Å². The van der Waals surface area contributed by atoms with E-state index in [4.69, 9.17) is 11.5 Å². The first-order valence-electron chi connectivity index (χ1n) is 6.05. The van der Waals surface area contributed by atoms with Gasteiger partial charge in [-0.1, -0.05) is 12.1 Å².